The quantitative estimate of drug-likeness (QED) is 0.883. The van der Waals surface area contributed by atoms with Gasteiger partial charge in [0, 0.05) is 18.1 Å². The van der Waals surface area contributed by atoms with Crippen molar-refractivity contribution < 1.29 is 9.53 Å². The molecule has 6 heteroatoms. The number of hydrogen-bond donors (Lipinski definition) is 1. The lowest BCUT2D eigenvalue weighted by Crippen LogP contribution is -2.36. The molecule has 1 aromatic carbocycles. The van der Waals surface area contributed by atoms with Crippen molar-refractivity contribution in [1.29, 1.82) is 0 Å². The van der Waals surface area contributed by atoms with E-state index in [4.69, 9.17) is 4.74 Å². The van der Waals surface area contributed by atoms with Crippen molar-refractivity contribution in [1.82, 2.24) is 15.1 Å². The number of benzene rings is 1. The summed E-state index contributed by atoms with van der Waals surface area (Å²) in [6, 6.07) is 11.1. The third-order valence-electron chi connectivity index (χ3n) is 3.56. The van der Waals surface area contributed by atoms with Gasteiger partial charge in [0.15, 0.2) is 0 Å². The van der Waals surface area contributed by atoms with Crippen molar-refractivity contribution in [2.75, 3.05) is 6.61 Å². The molecule has 0 fully saturated rings. The normalized spacial score (nSPS) is 17.5. The van der Waals surface area contributed by atoms with E-state index < -0.39 is 6.04 Å². The Hall–Kier alpha value is -2.89. The molecule has 118 valence electrons. The van der Waals surface area contributed by atoms with E-state index in [0.717, 1.165) is 11.3 Å². The van der Waals surface area contributed by atoms with Crippen LogP contribution in [-0.4, -0.2) is 28.3 Å². The van der Waals surface area contributed by atoms with E-state index in [0.29, 0.717) is 18.1 Å². The van der Waals surface area contributed by atoms with Crippen molar-refractivity contribution in [2.45, 2.75) is 19.9 Å². The summed E-state index contributed by atoms with van der Waals surface area (Å²) in [5.74, 6) is 0.226. The number of rotatable bonds is 3. The summed E-state index contributed by atoms with van der Waals surface area (Å²) in [4.78, 5) is 17.1. The van der Waals surface area contributed by atoms with Gasteiger partial charge in [0.2, 0.25) is 5.96 Å². The first-order valence-electron chi connectivity index (χ1n) is 7.48. The van der Waals surface area contributed by atoms with Gasteiger partial charge in [-0.15, -0.1) is 0 Å². The molecule has 0 aliphatic carbocycles. The summed E-state index contributed by atoms with van der Waals surface area (Å²) >= 11 is 0. The van der Waals surface area contributed by atoms with E-state index in [1.165, 1.54) is 0 Å². The van der Waals surface area contributed by atoms with Crippen LogP contribution in [0.3, 0.4) is 0 Å². The lowest BCUT2D eigenvalue weighted by atomic mass is 9.96. The predicted octanol–water partition coefficient (Wildman–Crippen LogP) is 2.27. The van der Waals surface area contributed by atoms with E-state index in [1.807, 2.05) is 43.3 Å². The Labute approximate surface area is 134 Å². The second-order valence-electron chi connectivity index (χ2n) is 5.10. The fourth-order valence-electron chi connectivity index (χ4n) is 2.52. The molecule has 0 bridgehead atoms. The molecular weight excluding hydrogens is 292 g/mol. The zero-order chi connectivity index (χ0) is 16.2. The van der Waals surface area contributed by atoms with E-state index in [1.54, 1.807) is 24.0 Å². The number of esters is 1. The molecule has 0 radical (unpaired) electrons. The molecule has 0 saturated heterocycles. The fourth-order valence-corrected chi connectivity index (χ4v) is 2.52. The minimum absolute atomic E-state index is 0.326. The van der Waals surface area contributed by atoms with Crippen LogP contribution >= 0.6 is 0 Å². The Balaban J connectivity index is 2.05. The summed E-state index contributed by atoms with van der Waals surface area (Å²) in [6.45, 7) is 3.97. The van der Waals surface area contributed by atoms with Gasteiger partial charge in [-0.25, -0.2) is 14.5 Å². The maximum atomic E-state index is 12.4. The molecule has 1 unspecified atom stereocenters. The number of hydrogen-bond acceptors (Lipinski definition) is 5. The summed E-state index contributed by atoms with van der Waals surface area (Å²) in [5, 5.41) is 7.33. The van der Waals surface area contributed by atoms with Crippen molar-refractivity contribution in [3.8, 4) is 0 Å². The first kappa shape index (κ1) is 15.0. The fraction of sp³-hybridized carbons (Fsp3) is 0.235. The highest BCUT2D eigenvalue weighted by Gasteiger charge is 2.30. The average molecular weight is 310 g/mol. The predicted molar refractivity (Wildman–Crippen MR) is 86.7 cm³/mol. The highest BCUT2D eigenvalue weighted by molar-refractivity contribution is 5.95. The molecule has 1 aliphatic heterocycles. The van der Waals surface area contributed by atoms with Crippen LogP contribution in [0.4, 0.5) is 0 Å². The summed E-state index contributed by atoms with van der Waals surface area (Å²) in [6.07, 6.45) is 3.48. The lowest BCUT2D eigenvalue weighted by molar-refractivity contribution is -0.138. The van der Waals surface area contributed by atoms with Crippen LogP contribution in [0, 0.1) is 0 Å². The second kappa shape index (κ2) is 6.48. The molecule has 3 rings (SSSR count). The molecule has 0 spiro atoms. The highest BCUT2D eigenvalue weighted by Crippen LogP contribution is 2.31. The second-order valence-corrected chi connectivity index (χ2v) is 5.10. The standard InChI is InChI=1S/C17H18N4O2/c1-3-23-16(22)14-12(2)19-17(21-11-7-10-18-21)20-15(14)13-8-5-4-6-9-13/h4-11,15H,3H2,1-2H3,(H,19,20). The summed E-state index contributed by atoms with van der Waals surface area (Å²) in [7, 11) is 0. The maximum Gasteiger partial charge on any atom is 0.338 e. The van der Waals surface area contributed by atoms with Crippen LogP contribution in [0.5, 0.6) is 0 Å². The van der Waals surface area contributed by atoms with Gasteiger partial charge in [-0.1, -0.05) is 30.3 Å². The number of aliphatic imine (C=N–C) groups is 1. The highest BCUT2D eigenvalue weighted by atomic mass is 16.5. The first-order chi connectivity index (χ1) is 11.2. The molecule has 1 atom stereocenters. The molecule has 0 amide bonds. The Morgan fingerprint density at radius 2 is 2.09 bits per heavy atom. The third-order valence-corrected chi connectivity index (χ3v) is 3.56. The molecule has 2 heterocycles. The number of carbonyl (C=O) groups is 1. The molecular formula is C17H18N4O2. The molecule has 1 aliphatic rings. The number of nitrogens with zero attached hydrogens (tertiary/aromatic N) is 3. The Morgan fingerprint density at radius 3 is 2.74 bits per heavy atom. The van der Waals surface area contributed by atoms with Gasteiger partial charge in [-0.05, 0) is 25.5 Å². The lowest BCUT2D eigenvalue weighted by Gasteiger charge is -2.25. The van der Waals surface area contributed by atoms with Crippen molar-refractivity contribution >= 4 is 11.9 Å². The summed E-state index contributed by atoms with van der Waals surface area (Å²) < 4.78 is 6.84. The van der Waals surface area contributed by atoms with Gasteiger partial charge in [0.25, 0.3) is 0 Å². The minimum atomic E-state index is -0.421. The van der Waals surface area contributed by atoms with Crippen LogP contribution in [-0.2, 0) is 9.53 Å². The molecule has 23 heavy (non-hydrogen) atoms. The van der Waals surface area contributed by atoms with E-state index in [9.17, 15) is 4.79 Å². The van der Waals surface area contributed by atoms with Gasteiger partial charge < -0.3 is 10.1 Å². The van der Waals surface area contributed by atoms with Gasteiger partial charge in [0.05, 0.1) is 12.2 Å². The average Bonchev–Trinajstić information content (AvgIpc) is 3.09. The van der Waals surface area contributed by atoms with Crippen LogP contribution < -0.4 is 5.32 Å². The van der Waals surface area contributed by atoms with Gasteiger partial charge >= 0.3 is 5.97 Å². The zero-order valence-electron chi connectivity index (χ0n) is 13.1. The number of allylic oxidation sites excluding steroid dienone is 1. The smallest absolute Gasteiger partial charge is 0.338 e. The minimum Gasteiger partial charge on any atom is -0.463 e. The molecule has 1 N–H and O–H groups in total. The van der Waals surface area contributed by atoms with Gasteiger partial charge in [-0.3, -0.25) is 0 Å². The van der Waals surface area contributed by atoms with Crippen LogP contribution in [0.25, 0.3) is 0 Å². The molecule has 1 aromatic heterocycles. The van der Waals surface area contributed by atoms with Crippen molar-refractivity contribution in [3.05, 3.63) is 65.6 Å². The van der Waals surface area contributed by atoms with Gasteiger partial charge in [0.1, 0.15) is 6.04 Å². The van der Waals surface area contributed by atoms with E-state index in [-0.39, 0.29) is 5.97 Å². The number of carbonyl (C=O) groups excluding carboxylic acids is 1. The Morgan fingerprint density at radius 1 is 1.30 bits per heavy atom. The van der Waals surface area contributed by atoms with E-state index >= 15 is 0 Å². The van der Waals surface area contributed by atoms with Crippen LogP contribution in [0.15, 0.2) is 65.1 Å². The molecule has 0 saturated carbocycles. The number of ether oxygens (including phenoxy) is 1. The zero-order valence-corrected chi connectivity index (χ0v) is 13.1. The topological polar surface area (TPSA) is 68.5 Å². The maximum absolute atomic E-state index is 12.4. The van der Waals surface area contributed by atoms with Crippen LogP contribution in [0.1, 0.15) is 25.5 Å². The molecule has 2 aromatic rings. The Bertz CT molecular complexity index is 748. The van der Waals surface area contributed by atoms with Crippen molar-refractivity contribution in [3.63, 3.8) is 0 Å². The number of aromatic nitrogens is 2. The molecule has 6 nitrogen and oxygen atoms in total. The van der Waals surface area contributed by atoms with E-state index in [2.05, 4.69) is 15.4 Å². The van der Waals surface area contributed by atoms with Crippen LogP contribution in [0.2, 0.25) is 0 Å². The monoisotopic (exact) mass is 310 g/mol. The van der Waals surface area contributed by atoms with Gasteiger partial charge in [-0.2, -0.15) is 5.10 Å². The number of nitrogens with one attached hydrogen (secondary N) is 1. The Kier molecular flexibility index (Phi) is 4.23. The third kappa shape index (κ3) is 3.01. The first-order valence-corrected chi connectivity index (χ1v) is 7.48. The SMILES string of the molecule is CCOC(=O)C1=C(C)NC(n2cccn2)=NC1c1ccccc1. The van der Waals surface area contributed by atoms with Crippen molar-refractivity contribution in [2.24, 2.45) is 4.99 Å². The summed E-state index contributed by atoms with van der Waals surface area (Å²) in [5.41, 5.74) is 2.17. The largest absolute Gasteiger partial charge is 0.463 e.